The van der Waals surface area contributed by atoms with E-state index < -0.39 is 11.6 Å². The van der Waals surface area contributed by atoms with Crippen LogP contribution < -0.4 is 9.47 Å². The molecule has 21 heavy (non-hydrogen) atoms. The first kappa shape index (κ1) is 15.0. The van der Waals surface area contributed by atoms with Crippen LogP contribution in [0.25, 0.3) is 0 Å². The summed E-state index contributed by atoms with van der Waals surface area (Å²) in [7, 11) is 0. The molecular formula is C16H14F2O3. The normalized spacial score (nSPS) is 10.2. The smallest absolute Gasteiger partial charge is 0.172 e. The largest absolute Gasteiger partial charge is 0.490 e. The van der Waals surface area contributed by atoms with Crippen LogP contribution in [0.4, 0.5) is 8.78 Å². The van der Waals surface area contributed by atoms with Gasteiger partial charge in [0.05, 0.1) is 12.2 Å². The maximum Gasteiger partial charge on any atom is 0.172 e. The molecule has 0 saturated heterocycles. The number of para-hydroxylation sites is 1. The lowest BCUT2D eigenvalue weighted by atomic mass is 10.2. The molecule has 0 fully saturated rings. The molecular weight excluding hydrogens is 278 g/mol. The van der Waals surface area contributed by atoms with E-state index in [9.17, 15) is 13.6 Å². The van der Waals surface area contributed by atoms with Gasteiger partial charge in [0.15, 0.2) is 17.8 Å². The third kappa shape index (κ3) is 3.56. The molecule has 0 saturated carbocycles. The quantitative estimate of drug-likeness (QED) is 0.761. The van der Waals surface area contributed by atoms with E-state index in [1.54, 1.807) is 25.1 Å². The summed E-state index contributed by atoms with van der Waals surface area (Å²) in [5, 5.41) is 0. The number of carbonyl (C=O) groups is 1. The summed E-state index contributed by atoms with van der Waals surface area (Å²) in [5.41, 5.74) is 0.503. The number of benzene rings is 2. The molecule has 110 valence electrons. The van der Waals surface area contributed by atoms with Gasteiger partial charge in [-0.15, -0.1) is 0 Å². The van der Waals surface area contributed by atoms with E-state index in [0.29, 0.717) is 24.2 Å². The Bertz CT molecular complexity index is 641. The lowest BCUT2D eigenvalue weighted by Crippen LogP contribution is -2.04. The Balaban J connectivity index is 2.24. The first-order valence-electron chi connectivity index (χ1n) is 6.43. The SMILES string of the molecule is CCOc1cccc(C=O)c1OCc1ccc(F)cc1F. The zero-order valence-corrected chi connectivity index (χ0v) is 11.4. The van der Waals surface area contributed by atoms with Crippen LogP contribution in [0.2, 0.25) is 0 Å². The summed E-state index contributed by atoms with van der Waals surface area (Å²) < 4.78 is 37.3. The van der Waals surface area contributed by atoms with Gasteiger partial charge in [0.2, 0.25) is 0 Å². The molecule has 2 aromatic rings. The van der Waals surface area contributed by atoms with Gasteiger partial charge in [-0.05, 0) is 31.2 Å². The number of hydrogen-bond donors (Lipinski definition) is 0. The molecule has 0 aromatic heterocycles. The monoisotopic (exact) mass is 292 g/mol. The van der Waals surface area contributed by atoms with E-state index in [-0.39, 0.29) is 17.9 Å². The highest BCUT2D eigenvalue weighted by Gasteiger charge is 2.12. The summed E-state index contributed by atoms with van der Waals surface area (Å²) in [5.74, 6) is -0.696. The number of aldehydes is 1. The highest BCUT2D eigenvalue weighted by molar-refractivity contribution is 5.81. The molecule has 3 nitrogen and oxygen atoms in total. The Labute approximate surface area is 121 Å². The minimum atomic E-state index is -0.698. The van der Waals surface area contributed by atoms with Crippen molar-refractivity contribution < 1.29 is 23.0 Å². The molecule has 5 heteroatoms. The molecule has 0 aliphatic heterocycles. The standard InChI is InChI=1S/C16H14F2O3/c1-2-20-15-5-3-4-11(9-19)16(15)21-10-12-6-7-13(17)8-14(12)18/h3-9H,2,10H2,1H3. The average molecular weight is 292 g/mol. The van der Waals surface area contributed by atoms with Gasteiger partial charge in [0.1, 0.15) is 18.2 Å². The second-order valence-corrected chi connectivity index (χ2v) is 4.25. The molecule has 0 heterocycles. The zero-order chi connectivity index (χ0) is 15.2. The maximum atomic E-state index is 13.6. The second-order valence-electron chi connectivity index (χ2n) is 4.25. The number of halogens is 2. The lowest BCUT2D eigenvalue weighted by molar-refractivity contribution is 0.111. The van der Waals surface area contributed by atoms with Gasteiger partial charge in [-0.25, -0.2) is 8.78 Å². The average Bonchev–Trinajstić information content (AvgIpc) is 2.47. The Hall–Kier alpha value is -2.43. The number of carbonyl (C=O) groups excluding carboxylic acids is 1. The van der Waals surface area contributed by atoms with Crippen LogP contribution in [0.5, 0.6) is 11.5 Å². The molecule has 0 aliphatic rings. The van der Waals surface area contributed by atoms with Crippen molar-refractivity contribution in [2.45, 2.75) is 13.5 Å². The third-order valence-electron chi connectivity index (χ3n) is 2.82. The van der Waals surface area contributed by atoms with Gasteiger partial charge < -0.3 is 9.47 Å². The summed E-state index contributed by atoms with van der Waals surface area (Å²) in [6.45, 7) is 2.08. The number of hydrogen-bond acceptors (Lipinski definition) is 3. The Morgan fingerprint density at radius 3 is 2.62 bits per heavy atom. The van der Waals surface area contributed by atoms with Crippen LogP contribution in [0.1, 0.15) is 22.8 Å². The van der Waals surface area contributed by atoms with Crippen molar-refractivity contribution in [2.75, 3.05) is 6.61 Å². The highest BCUT2D eigenvalue weighted by Crippen LogP contribution is 2.31. The summed E-state index contributed by atoms with van der Waals surface area (Å²) in [6.07, 6.45) is 0.638. The van der Waals surface area contributed by atoms with Crippen molar-refractivity contribution >= 4 is 6.29 Å². The molecule has 0 N–H and O–H groups in total. The van der Waals surface area contributed by atoms with Crippen molar-refractivity contribution in [1.82, 2.24) is 0 Å². The molecule has 0 aliphatic carbocycles. The predicted octanol–water partition coefficient (Wildman–Crippen LogP) is 3.76. The lowest BCUT2D eigenvalue weighted by Gasteiger charge is -2.14. The fraction of sp³-hybridized carbons (Fsp3) is 0.188. The van der Waals surface area contributed by atoms with Gasteiger partial charge in [0, 0.05) is 11.6 Å². The van der Waals surface area contributed by atoms with Crippen LogP contribution >= 0.6 is 0 Å². The number of ether oxygens (including phenoxy) is 2. The Morgan fingerprint density at radius 1 is 1.14 bits per heavy atom. The van der Waals surface area contributed by atoms with Crippen molar-refractivity contribution in [3.63, 3.8) is 0 Å². The minimum absolute atomic E-state index is 0.128. The summed E-state index contributed by atoms with van der Waals surface area (Å²) in [4.78, 5) is 11.0. The maximum absolute atomic E-state index is 13.6. The third-order valence-corrected chi connectivity index (χ3v) is 2.82. The van der Waals surface area contributed by atoms with E-state index in [0.717, 1.165) is 12.1 Å². The van der Waals surface area contributed by atoms with Gasteiger partial charge in [-0.2, -0.15) is 0 Å². The number of rotatable bonds is 6. The zero-order valence-electron chi connectivity index (χ0n) is 11.4. The molecule has 2 rings (SSSR count). The molecule has 2 aromatic carbocycles. The van der Waals surface area contributed by atoms with E-state index in [1.165, 1.54) is 6.07 Å². The van der Waals surface area contributed by atoms with Gasteiger partial charge in [-0.3, -0.25) is 4.79 Å². The van der Waals surface area contributed by atoms with Crippen LogP contribution in [0, 0.1) is 11.6 Å². The van der Waals surface area contributed by atoms with Gasteiger partial charge in [-0.1, -0.05) is 6.07 Å². The van der Waals surface area contributed by atoms with Crippen molar-refractivity contribution in [3.05, 3.63) is 59.2 Å². The molecule has 0 radical (unpaired) electrons. The van der Waals surface area contributed by atoms with E-state index in [2.05, 4.69) is 0 Å². The summed E-state index contributed by atoms with van der Waals surface area (Å²) in [6, 6.07) is 8.14. The Morgan fingerprint density at radius 2 is 1.95 bits per heavy atom. The fourth-order valence-corrected chi connectivity index (χ4v) is 1.84. The van der Waals surface area contributed by atoms with Gasteiger partial charge in [0.25, 0.3) is 0 Å². The molecule has 0 unspecified atom stereocenters. The van der Waals surface area contributed by atoms with Crippen LogP contribution in [0.15, 0.2) is 36.4 Å². The Kier molecular flexibility index (Phi) is 4.87. The first-order chi connectivity index (χ1) is 10.2. The summed E-state index contributed by atoms with van der Waals surface area (Å²) >= 11 is 0. The topological polar surface area (TPSA) is 35.5 Å². The van der Waals surface area contributed by atoms with E-state index in [1.807, 2.05) is 0 Å². The van der Waals surface area contributed by atoms with E-state index in [4.69, 9.17) is 9.47 Å². The molecule has 0 bridgehead atoms. The van der Waals surface area contributed by atoms with Crippen LogP contribution in [-0.4, -0.2) is 12.9 Å². The van der Waals surface area contributed by atoms with E-state index >= 15 is 0 Å². The van der Waals surface area contributed by atoms with Crippen LogP contribution in [0.3, 0.4) is 0 Å². The molecule has 0 amide bonds. The molecule has 0 atom stereocenters. The predicted molar refractivity (Wildman–Crippen MR) is 73.7 cm³/mol. The van der Waals surface area contributed by atoms with Crippen molar-refractivity contribution in [1.29, 1.82) is 0 Å². The van der Waals surface area contributed by atoms with Crippen molar-refractivity contribution in [3.8, 4) is 11.5 Å². The highest BCUT2D eigenvalue weighted by atomic mass is 19.1. The first-order valence-corrected chi connectivity index (χ1v) is 6.43. The second kappa shape index (κ2) is 6.83. The minimum Gasteiger partial charge on any atom is -0.490 e. The molecule has 0 spiro atoms. The van der Waals surface area contributed by atoms with Crippen LogP contribution in [-0.2, 0) is 6.61 Å². The van der Waals surface area contributed by atoms with Crippen molar-refractivity contribution in [2.24, 2.45) is 0 Å². The van der Waals surface area contributed by atoms with Gasteiger partial charge >= 0.3 is 0 Å². The fourth-order valence-electron chi connectivity index (χ4n) is 1.84.